The van der Waals surface area contributed by atoms with Crippen molar-refractivity contribution in [2.45, 2.75) is 19.6 Å². The lowest BCUT2D eigenvalue weighted by molar-refractivity contribution is -0.127. The van der Waals surface area contributed by atoms with E-state index >= 15 is 0 Å². The Labute approximate surface area is 154 Å². The normalized spacial score (nSPS) is 16.7. The van der Waals surface area contributed by atoms with Crippen molar-refractivity contribution in [3.63, 3.8) is 0 Å². The number of hydrogen-bond donors (Lipinski definition) is 0. The minimum Gasteiger partial charge on any atom is -0.485 e. The highest BCUT2D eigenvalue weighted by molar-refractivity contribution is 7.16. The lowest BCUT2D eigenvalue weighted by Crippen LogP contribution is -2.36. The maximum absolute atomic E-state index is 12.7. The number of para-hydroxylation sites is 2. The van der Waals surface area contributed by atoms with Gasteiger partial charge in [-0.05, 0) is 36.8 Å². The number of thiazole rings is 1. The van der Waals surface area contributed by atoms with E-state index in [1.807, 2.05) is 35.8 Å². The molecule has 26 heavy (non-hydrogen) atoms. The first-order valence-corrected chi connectivity index (χ1v) is 9.15. The van der Waals surface area contributed by atoms with Gasteiger partial charge in [0.05, 0.1) is 10.2 Å². The lowest BCUT2D eigenvalue weighted by Gasteiger charge is -2.23. The molecule has 1 amide bonds. The van der Waals surface area contributed by atoms with E-state index in [0.29, 0.717) is 22.8 Å². The van der Waals surface area contributed by atoms with Crippen molar-refractivity contribution in [2.75, 3.05) is 6.61 Å². The molecule has 0 saturated heterocycles. The van der Waals surface area contributed by atoms with Gasteiger partial charge in [-0.2, -0.15) is 4.99 Å². The smallest absolute Gasteiger partial charge is 0.292 e. The third kappa shape index (κ3) is 3.04. The summed E-state index contributed by atoms with van der Waals surface area (Å²) in [4.78, 5) is 17.6. The van der Waals surface area contributed by atoms with Crippen LogP contribution < -0.4 is 14.3 Å². The maximum Gasteiger partial charge on any atom is 0.292 e. The average molecular weight is 366 g/mol. The number of amides is 1. The monoisotopic (exact) mass is 366 g/mol. The molecule has 0 fully saturated rings. The van der Waals surface area contributed by atoms with Crippen LogP contribution in [0.5, 0.6) is 11.5 Å². The van der Waals surface area contributed by atoms with Gasteiger partial charge in [-0.15, -0.1) is 6.58 Å². The summed E-state index contributed by atoms with van der Waals surface area (Å²) in [5.41, 5.74) is 2.21. The number of hydrogen-bond acceptors (Lipinski definition) is 4. The van der Waals surface area contributed by atoms with E-state index in [4.69, 9.17) is 9.47 Å². The Bertz CT molecular complexity index is 1060. The fourth-order valence-corrected chi connectivity index (χ4v) is 4.02. The zero-order valence-electron chi connectivity index (χ0n) is 14.3. The SMILES string of the molecule is C=CCn1c(=NC(=O)[C@@H]2COc3ccccc3O2)sc2cc(C)ccc21. The van der Waals surface area contributed by atoms with E-state index in [2.05, 4.69) is 23.7 Å². The molecule has 0 aliphatic carbocycles. The molecule has 0 spiro atoms. The van der Waals surface area contributed by atoms with Crippen LogP contribution in [0.15, 0.2) is 60.1 Å². The summed E-state index contributed by atoms with van der Waals surface area (Å²) in [6.45, 7) is 6.59. The molecule has 132 valence electrons. The van der Waals surface area contributed by atoms with Gasteiger partial charge in [-0.1, -0.05) is 35.6 Å². The molecular formula is C20H18N2O3S. The number of fused-ring (bicyclic) bond motifs is 2. The van der Waals surface area contributed by atoms with Gasteiger partial charge in [-0.25, -0.2) is 0 Å². The summed E-state index contributed by atoms with van der Waals surface area (Å²) in [5, 5.41) is 0. The van der Waals surface area contributed by atoms with Crippen LogP contribution in [0.4, 0.5) is 0 Å². The number of aromatic nitrogens is 1. The lowest BCUT2D eigenvalue weighted by atomic mass is 10.2. The predicted molar refractivity (Wildman–Crippen MR) is 102 cm³/mol. The zero-order chi connectivity index (χ0) is 18.1. The third-order valence-corrected chi connectivity index (χ3v) is 5.18. The second kappa shape index (κ2) is 6.80. The van der Waals surface area contributed by atoms with Gasteiger partial charge in [0.1, 0.15) is 6.61 Å². The summed E-state index contributed by atoms with van der Waals surface area (Å²) in [6.07, 6.45) is 1.06. The van der Waals surface area contributed by atoms with Gasteiger partial charge in [0.2, 0.25) is 6.10 Å². The number of benzene rings is 2. The molecular weight excluding hydrogens is 348 g/mol. The molecule has 2 aromatic carbocycles. The Morgan fingerprint density at radius 2 is 2.15 bits per heavy atom. The molecule has 2 heterocycles. The number of carbonyl (C=O) groups excluding carboxylic acids is 1. The molecule has 1 atom stereocenters. The van der Waals surface area contributed by atoms with Crippen LogP contribution in [0.3, 0.4) is 0 Å². The summed E-state index contributed by atoms with van der Waals surface area (Å²) >= 11 is 1.49. The molecule has 0 bridgehead atoms. The summed E-state index contributed by atoms with van der Waals surface area (Å²) in [5.74, 6) is 0.870. The van der Waals surface area contributed by atoms with Crippen molar-refractivity contribution < 1.29 is 14.3 Å². The number of ether oxygens (including phenoxy) is 2. The quantitative estimate of drug-likeness (QED) is 0.667. The zero-order valence-corrected chi connectivity index (χ0v) is 15.2. The van der Waals surface area contributed by atoms with Crippen molar-refractivity contribution >= 4 is 27.5 Å². The third-order valence-electron chi connectivity index (χ3n) is 4.14. The van der Waals surface area contributed by atoms with Crippen LogP contribution in [0, 0.1) is 6.92 Å². The van der Waals surface area contributed by atoms with E-state index < -0.39 is 6.10 Å². The first kappa shape index (κ1) is 16.6. The largest absolute Gasteiger partial charge is 0.485 e. The van der Waals surface area contributed by atoms with E-state index in [-0.39, 0.29) is 12.5 Å². The number of allylic oxidation sites excluding steroid dienone is 1. The van der Waals surface area contributed by atoms with Crippen LogP contribution in [0.1, 0.15) is 5.56 Å². The van der Waals surface area contributed by atoms with E-state index in [0.717, 1.165) is 10.2 Å². The van der Waals surface area contributed by atoms with Gasteiger partial charge in [0.25, 0.3) is 5.91 Å². The highest BCUT2D eigenvalue weighted by atomic mass is 32.1. The molecule has 5 nitrogen and oxygen atoms in total. The molecule has 0 unspecified atom stereocenters. The second-order valence-electron chi connectivity index (χ2n) is 6.07. The minimum absolute atomic E-state index is 0.158. The van der Waals surface area contributed by atoms with Crippen LogP contribution >= 0.6 is 11.3 Å². The molecule has 4 rings (SSSR count). The van der Waals surface area contributed by atoms with Crippen molar-refractivity contribution in [3.8, 4) is 11.5 Å². The topological polar surface area (TPSA) is 52.8 Å². The van der Waals surface area contributed by atoms with Crippen LogP contribution in [0.2, 0.25) is 0 Å². The number of carbonyl (C=O) groups is 1. The highest BCUT2D eigenvalue weighted by Crippen LogP contribution is 2.31. The van der Waals surface area contributed by atoms with Crippen LogP contribution in [-0.4, -0.2) is 23.2 Å². The molecule has 1 aliphatic rings. The predicted octanol–water partition coefficient (Wildman–Crippen LogP) is 3.46. The molecule has 1 aromatic heterocycles. The first-order chi connectivity index (χ1) is 12.7. The summed E-state index contributed by atoms with van der Waals surface area (Å²) in [6, 6.07) is 13.5. The van der Waals surface area contributed by atoms with Gasteiger partial charge < -0.3 is 14.0 Å². The van der Waals surface area contributed by atoms with Crippen molar-refractivity contribution in [1.29, 1.82) is 0 Å². The van der Waals surface area contributed by atoms with E-state index in [1.54, 1.807) is 12.1 Å². The van der Waals surface area contributed by atoms with Crippen LogP contribution in [0.25, 0.3) is 10.2 Å². The number of rotatable bonds is 3. The van der Waals surface area contributed by atoms with Crippen molar-refractivity contribution in [3.05, 3.63) is 65.5 Å². The van der Waals surface area contributed by atoms with Gasteiger partial charge in [0, 0.05) is 6.54 Å². The summed E-state index contributed by atoms with van der Waals surface area (Å²) in [7, 11) is 0. The molecule has 1 aliphatic heterocycles. The standard InChI is InChI=1S/C20H18N2O3S/c1-3-10-22-14-9-8-13(2)11-18(14)26-20(22)21-19(23)17-12-24-15-6-4-5-7-16(15)25-17/h3-9,11,17H,1,10,12H2,2H3/t17-/m0/s1. The molecule has 6 heteroatoms. The molecule has 3 aromatic rings. The maximum atomic E-state index is 12.7. The fraction of sp³-hybridized carbons (Fsp3) is 0.200. The highest BCUT2D eigenvalue weighted by Gasteiger charge is 2.27. The van der Waals surface area contributed by atoms with Crippen molar-refractivity contribution in [1.82, 2.24) is 4.57 Å². The average Bonchev–Trinajstić information content (AvgIpc) is 2.98. The minimum atomic E-state index is -0.742. The Hall–Kier alpha value is -2.86. The Kier molecular flexibility index (Phi) is 4.34. The number of nitrogens with zero attached hydrogens (tertiary/aromatic N) is 2. The van der Waals surface area contributed by atoms with Gasteiger partial charge in [0.15, 0.2) is 16.3 Å². The second-order valence-corrected chi connectivity index (χ2v) is 7.08. The Morgan fingerprint density at radius 3 is 2.96 bits per heavy atom. The number of aryl methyl sites for hydroxylation is 1. The summed E-state index contributed by atoms with van der Waals surface area (Å²) < 4.78 is 14.5. The molecule has 0 saturated carbocycles. The molecule has 0 radical (unpaired) electrons. The van der Waals surface area contributed by atoms with Gasteiger partial charge >= 0.3 is 0 Å². The Balaban J connectivity index is 1.70. The van der Waals surface area contributed by atoms with Crippen molar-refractivity contribution in [2.24, 2.45) is 4.99 Å². The Morgan fingerprint density at radius 1 is 1.35 bits per heavy atom. The van der Waals surface area contributed by atoms with E-state index in [1.165, 1.54) is 16.9 Å². The fourth-order valence-electron chi connectivity index (χ4n) is 2.88. The molecule has 0 N–H and O–H groups in total. The first-order valence-electron chi connectivity index (χ1n) is 8.33. The van der Waals surface area contributed by atoms with Gasteiger partial charge in [-0.3, -0.25) is 4.79 Å². The van der Waals surface area contributed by atoms with E-state index in [9.17, 15) is 4.79 Å². The van der Waals surface area contributed by atoms with Crippen LogP contribution in [-0.2, 0) is 11.3 Å².